The molecule has 41 heavy (non-hydrogen) atoms. The summed E-state index contributed by atoms with van der Waals surface area (Å²) in [5, 5.41) is 5.01. The van der Waals surface area contributed by atoms with E-state index in [1.807, 2.05) is 92.7 Å². The van der Waals surface area contributed by atoms with Gasteiger partial charge in [-0.25, -0.2) is 15.0 Å². The van der Waals surface area contributed by atoms with Crippen LogP contribution in [0.25, 0.3) is 38.8 Å². The fourth-order valence-electron chi connectivity index (χ4n) is 5.04. The molecule has 0 saturated carbocycles. The highest BCUT2D eigenvalue weighted by molar-refractivity contribution is 5.96. The maximum atomic E-state index is 14.5. The summed E-state index contributed by atoms with van der Waals surface area (Å²) < 4.78 is 7.13. The molecule has 0 unspecified atom stereocenters. The van der Waals surface area contributed by atoms with Gasteiger partial charge in [-0.3, -0.25) is 14.3 Å². The van der Waals surface area contributed by atoms with E-state index < -0.39 is 0 Å². The van der Waals surface area contributed by atoms with Crippen LogP contribution in [-0.4, -0.2) is 31.6 Å². The molecule has 0 spiro atoms. The Balaban J connectivity index is 1.54. The van der Waals surface area contributed by atoms with Gasteiger partial charge in [0.25, 0.3) is 5.56 Å². The van der Waals surface area contributed by atoms with Crippen molar-refractivity contribution >= 4 is 16.6 Å². The van der Waals surface area contributed by atoms with Crippen molar-refractivity contribution in [2.45, 2.75) is 19.9 Å². The Morgan fingerprint density at radius 1 is 0.854 bits per heavy atom. The van der Waals surface area contributed by atoms with E-state index in [1.165, 1.54) is 0 Å². The monoisotopic (exact) mass is 540 g/mol. The predicted octanol–water partition coefficient (Wildman–Crippen LogP) is 6.39. The van der Waals surface area contributed by atoms with Crippen LogP contribution in [0.1, 0.15) is 24.5 Å². The van der Waals surface area contributed by atoms with Gasteiger partial charge >= 0.3 is 0 Å². The number of nitrogens with zero attached hydrogens (tertiary/aromatic N) is 5. The van der Waals surface area contributed by atoms with E-state index in [0.717, 1.165) is 39.2 Å². The fraction of sp³-hybridized carbons (Fsp3) is 0.121. The summed E-state index contributed by atoms with van der Waals surface area (Å²) >= 11 is 0. The van der Waals surface area contributed by atoms with E-state index in [-0.39, 0.29) is 11.6 Å². The van der Waals surface area contributed by atoms with Crippen LogP contribution < -0.4 is 15.6 Å². The molecular weight excluding hydrogens is 512 g/mol. The van der Waals surface area contributed by atoms with Crippen molar-refractivity contribution in [1.29, 1.82) is 0 Å². The van der Waals surface area contributed by atoms with Gasteiger partial charge in [0.2, 0.25) is 5.88 Å². The Morgan fingerprint density at radius 2 is 1.68 bits per heavy atom. The molecule has 202 valence electrons. The normalized spacial score (nSPS) is 11.8. The number of aromatic nitrogens is 5. The number of hydrogen-bond donors (Lipinski definition) is 1. The molecule has 1 N–H and O–H groups in total. The Kier molecular flexibility index (Phi) is 6.95. The van der Waals surface area contributed by atoms with Gasteiger partial charge in [-0.05, 0) is 66.8 Å². The first kappa shape index (κ1) is 25.9. The molecule has 8 nitrogen and oxygen atoms in total. The third-order valence-corrected chi connectivity index (χ3v) is 6.99. The molecule has 0 saturated heterocycles. The van der Waals surface area contributed by atoms with Crippen LogP contribution in [0, 0.1) is 6.92 Å². The van der Waals surface area contributed by atoms with Gasteiger partial charge in [0, 0.05) is 36.0 Å². The molecular formula is C33H28N6O2. The van der Waals surface area contributed by atoms with Gasteiger partial charge in [-0.15, -0.1) is 0 Å². The van der Waals surface area contributed by atoms with E-state index in [0.29, 0.717) is 22.9 Å². The van der Waals surface area contributed by atoms with Gasteiger partial charge in [-0.2, -0.15) is 0 Å². The van der Waals surface area contributed by atoms with E-state index in [9.17, 15) is 4.79 Å². The smallest absolute Gasteiger partial charge is 0.263 e. The number of benzene rings is 2. The van der Waals surface area contributed by atoms with E-state index in [2.05, 4.69) is 26.3 Å². The molecule has 4 heterocycles. The highest BCUT2D eigenvalue weighted by Gasteiger charge is 2.21. The van der Waals surface area contributed by atoms with E-state index in [1.54, 1.807) is 30.3 Å². The zero-order valence-corrected chi connectivity index (χ0v) is 22.9. The van der Waals surface area contributed by atoms with Gasteiger partial charge in [-0.1, -0.05) is 42.5 Å². The number of nitrogens with one attached hydrogen (secondary N) is 1. The summed E-state index contributed by atoms with van der Waals surface area (Å²) in [5.74, 6) is 1.77. The van der Waals surface area contributed by atoms with E-state index in [4.69, 9.17) is 9.72 Å². The minimum atomic E-state index is -0.297. The second-order valence-electron chi connectivity index (χ2n) is 9.66. The Labute approximate surface area is 237 Å². The van der Waals surface area contributed by atoms with E-state index >= 15 is 0 Å². The lowest BCUT2D eigenvalue weighted by Crippen LogP contribution is -2.26. The summed E-state index contributed by atoms with van der Waals surface area (Å²) in [5.41, 5.74) is 4.66. The number of fused-ring (bicyclic) bond motifs is 1. The minimum Gasteiger partial charge on any atom is -0.481 e. The van der Waals surface area contributed by atoms with Crippen molar-refractivity contribution in [1.82, 2.24) is 24.5 Å². The Hall–Kier alpha value is -5.37. The summed E-state index contributed by atoms with van der Waals surface area (Å²) in [6, 6.07) is 26.8. The van der Waals surface area contributed by atoms with Crippen LogP contribution in [-0.2, 0) is 0 Å². The first-order valence-electron chi connectivity index (χ1n) is 13.3. The lowest BCUT2D eigenvalue weighted by molar-refractivity contribution is 0.398. The number of anilines is 1. The molecule has 4 aromatic heterocycles. The zero-order chi connectivity index (χ0) is 28.3. The second-order valence-corrected chi connectivity index (χ2v) is 9.66. The average molecular weight is 541 g/mol. The SMILES string of the molecule is COc1cc(-c2cccc3cc([C@H](C)Nc4nc(C)ncc4-c4ccccn4)n(-c4ccccc4)c(=O)c23)ccn1. The molecule has 8 heteroatoms. The van der Waals surface area contributed by atoms with Gasteiger partial charge < -0.3 is 10.1 Å². The second kappa shape index (κ2) is 11.0. The van der Waals surface area contributed by atoms with Crippen LogP contribution in [0.2, 0.25) is 0 Å². The van der Waals surface area contributed by atoms with Crippen molar-refractivity contribution in [2.75, 3.05) is 12.4 Å². The summed E-state index contributed by atoms with van der Waals surface area (Å²) in [6.45, 7) is 3.88. The number of aryl methyl sites for hydroxylation is 1. The number of rotatable bonds is 7. The molecule has 1 atom stereocenters. The third-order valence-electron chi connectivity index (χ3n) is 6.99. The first-order chi connectivity index (χ1) is 20.0. The molecule has 0 aliphatic rings. The quantitative estimate of drug-likeness (QED) is 0.251. The van der Waals surface area contributed by atoms with Gasteiger partial charge in [0.05, 0.1) is 29.8 Å². The lowest BCUT2D eigenvalue weighted by atomic mass is 9.98. The standard InChI is InChI=1S/C33H28N6O2/c1-21(37-32-27(20-36-22(2)38-32)28-14-7-8-16-34-28)29-18-24-10-9-13-26(23-15-17-35-30(19-23)41-3)31(24)33(40)39(29)25-11-5-4-6-12-25/h4-21H,1-3H3,(H,36,37,38)/t21-/m0/s1. The number of ether oxygens (including phenoxy) is 1. The van der Waals surface area contributed by atoms with Crippen molar-refractivity contribution < 1.29 is 4.74 Å². The largest absolute Gasteiger partial charge is 0.481 e. The molecule has 6 rings (SSSR count). The maximum absolute atomic E-state index is 14.5. The number of hydrogen-bond acceptors (Lipinski definition) is 7. The summed E-state index contributed by atoms with van der Waals surface area (Å²) in [7, 11) is 1.58. The Morgan fingerprint density at radius 3 is 2.46 bits per heavy atom. The topological polar surface area (TPSA) is 94.8 Å². The zero-order valence-electron chi connectivity index (χ0n) is 22.9. The predicted molar refractivity (Wildman–Crippen MR) is 161 cm³/mol. The van der Waals surface area contributed by atoms with Crippen molar-refractivity contribution in [3.8, 4) is 34.0 Å². The van der Waals surface area contributed by atoms with Crippen molar-refractivity contribution in [3.63, 3.8) is 0 Å². The van der Waals surface area contributed by atoms with Gasteiger partial charge in [0.15, 0.2) is 0 Å². The molecule has 0 fully saturated rings. The first-order valence-corrected chi connectivity index (χ1v) is 13.3. The van der Waals surface area contributed by atoms with Crippen LogP contribution in [0.4, 0.5) is 5.82 Å². The van der Waals surface area contributed by atoms with Crippen LogP contribution >= 0.6 is 0 Å². The summed E-state index contributed by atoms with van der Waals surface area (Å²) in [4.78, 5) is 32.3. The molecule has 2 aromatic carbocycles. The molecule has 0 bridgehead atoms. The molecule has 0 aliphatic heterocycles. The molecule has 0 radical (unpaired) electrons. The van der Waals surface area contributed by atoms with Crippen LogP contribution in [0.5, 0.6) is 5.88 Å². The van der Waals surface area contributed by atoms with Crippen LogP contribution in [0.15, 0.2) is 108 Å². The number of pyridine rings is 3. The van der Waals surface area contributed by atoms with Crippen molar-refractivity contribution in [3.05, 3.63) is 125 Å². The lowest BCUT2D eigenvalue weighted by Gasteiger charge is -2.23. The highest BCUT2D eigenvalue weighted by atomic mass is 16.5. The third kappa shape index (κ3) is 5.03. The number of para-hydroxylation sites is 1. The summed E-state index contributed by atoms with van der Waals surface area (Å²) in [6.07, 6.45) is 5.21. The highest BCUT2D eigenvalue weighted by Crippen LogP contribution is 2.32. The minimum absolute atomic E-state index is 0.118. The Bertz CT molecular complexity index is 1910. The number of methoxy groups -OCH3 is 1. The average Bonchev–Trinajstić information content (AvgIpc) is 3.01. The molecule has 6 aromatic rings. The van der Waals surface area contributed by atoms with Crippen molar-refractivity contribution in [2.24, 2.45) is 0 Å². The maximum Gasteiger partial charge on any atom is 0.263 e. The van der Waals surface area contributed by atoms with Crippen LogP contribution in [0.3, 0.4) is 0 Å². The molecule has 0 aliphatic carbocycles. The molecule has 0 amide bonds. The fourth-order valence-corrected chi connectivity index (χ4v) is 5.04. The van der Waals surface area contributed by atoms with Gasteiger partial charge in [0.1, 0.15) is 11.6 Å².